The van der Waals surface area contributed by atoms with Gasteiger partial charge in [0, 0.05) is 58.3 Å². The van der Waals surface area contributed by atoms with E-state index in [0.717, 1.165) is 55.3 Å². The van der Waals surface area contributed by atoms with E-state index in [1.807, 2.05) is 115 Å². The fraction of sp³-hybridized carbons (Fsp3) is 0.309. The van der Waals surface area contributed by atoms with Gasteiger partial charge in [0.1, 0.15) is 22.6 Å². The summed E-state index contributed by atoms with van der Waals surface area (Å²) in [5.41, 5.74) is 6.21. The number of benzene rings is 6. The molecule has 0 saturated heterocycles. The monoisotopic (exact) mass is 994 g/mol. The van der Waals surface area contributed by atoms with Gasteiger partial charge in [-0.2, -0.15) is 0 Å². The van der Waals surface area contributed by atoms with Crippen molar-refractivity contribution in [2.45, 2.75) is 80.1 Å². The predicted octanol–water partition coefficient (Wildman–Crippen LogP) is 14.4. The van der Waals surface area contributed by atoms with E-state index in [2.05, 4.69) is 63.5 Å². The summed E-state index contributed by atoms with van der Waals surface area (Å²) in [6.45, 7) is 14.4. The minimum absolute atomic E-state index is 0. The van der Waals surface area contributed by atoms with E-state index < -0.39 is 22.1 Å². The number of aliphatic hydroxyl groups is 1. The first kappa shape index (κ1) is 57.2. The largest absolute Gasteiger partial charge is 0.478 e. The number of hydrogen-bond acceptors (Lipinski definition) is 10. The van der Waals surface area contributed by atoms with E-state index in [0.29, 0.717) is 41.8 Å². The number of esters is 1. The second kappa shape index (κ2) is 29.7. The lowest BCUT2D eigenvalue weighted by Crippen LogP contribution is -2.23. The van der Waals surface area contributed by atoms with Gasteiger partial charge in [-0.25, -0.2) is 9.59 Å². The van der Waals surface area contributed by atoms with E-state index in [1.54, 1.807) is 36.7 Å². The molecule has 0 unspecified atom stereocenters. The molecule has 0 spiro atoms. The van der Waals surface area contributed by atoms with Gasteiger partial charge in [0.05, 0.1) is 6.61 Å². The molecule has 6 aromatic rings. The summed E-state index contributed by atoms with van der Waals surface area (Å²) >= 11 is 3.28. The molecule has 13 heteroatoms. The summed E-state index contributed by atoms with van der Waals surface area (Å²) < 4.78 is 27.2. The molecule has 0 aliphatic rings. The smallest absolute Gasteiger partial charge is 0.342 e. The number of hydrogen-bond donors (Lipinski definition) is 2. The third kappa shape index (κ3) is 19.5. The van der Waals surface area contributed by atoms with Crippen molar-refractivity contribution in [2.75, 3.05) is 41.0 Å². The molecule has 0 aliphatic heterocycles. The second-order valence-corrected chi connectivity index (χ2v) is 31.1. The molecule has 0 amide bonds. The van der Waals surface area contributed by atoms with Crippen LogP contribution in [-0.2, 0) is 25.7 Å². The summed E-state index contributed by atoms with van der Waals surface area (Å²) in [6, 6.07) is 49.4. The highest BCUT2D eigenvalue weighted by atomic mass is 32.2. The molecule has 0 fully saturated rings. The van der Waals surface area contributed by atoms with Crippen molar-refractivity contribution in [3.63, 3.8) is 0 Å². The molecule has 9 nitrogen and oxygen atoms in total. The van der Waals surface area contributed by atoms with E-state index in [-0.39, 0.29) is 32.5 Å². The molecular weight excluding hydrogens is 925 g/mol. The maximum absolute atomic E-state index is 13.4. The topological polar surface area (TPSA) is 121 Å². The Morgan fingerprint density at radius 2 is 0.912 bits per heavy atom. The third-order valence-electron chi connectivity index (χ3n) is 10.0. The second-order valence-electron chi connectivity index (χ2n) is 17.8. The van der Waals surface area contributed by atoms with Gasteiger partial charge in [-0.1, -0.05) is 156 Å². The Kier molecular flexibility index (Phi) is 25.0. The van der Waals surface area contributed by atoms with Gasteiger partial charge in [0.2, 0.25) is 0 Å². The average Bonchev–Trinajstić information content (AvgIpc) is 3.31. The molecule has 364 valence electrons. The zero-order valence-corrected chi connectivity index (χ0v) is 43.7. The summed E-state index contributed by atoms with van der Waals surface area (Å²) in [6.07, 6.45) is 0. The molecule has 0 aromatic heterocycles. The number of carbonyl (C=O) groups excluding carboxylic acids is 1. The van der Waals surface area contributed by atoms with Gasteiger partial charge >= 0.3 is 11.9 Å². The van der Waals surface area contributed by atoms with Gasteiger partial charge in [-0.05, 0) is 81.9 Å². The lowest BCUT2D eigenvalue weighted by Gasteiger charge is -2.20. The van der Waals surface area contributed by atoms with Crippen molar-refractivity contribution in [3.8, 4) is 33.8 Å². The molecule has 68 heavy (non-hydrogen) atoms. The highest BCUT2D eigenvalue weighted by molar-refractivity contribution is 7.98. The van der Waals surface area contributed by atoms with E-state index in [4.69, 9.17) is 28.8 Å². The molecule has 0 saturated carbocycles. The van der Waals surface area contributed by atoms with E-state index in [9.17, 15) is 14.7 Å². The van der Waals surface area contributed by atoms with Crippen LogP contribution in [0.4, 0.5) is 0 Å². The maximum Gasteiger partial charge on any atom is 0.342 e. The van der Waals surface area contributed by atoms with Crippen molar-refractivity contribution in [1.82, 2.24) is 0 Å². The number of methoxy groups -OCH3 is 2. The first-order valence-corrected chi connectivity index (χ1v) is 31.6. The van der Waals surface area contributed by atoms with Gasteiger partial charge < -0.3 is 33.9 Å². The van der Waals surface area contributed by atoms with Crippen molar-refractivity contribution in [3.05, 3.63) is 168 Å². The molecular formula is C55H70O9S2Si2. The van der Waals surface area contributed by atoms with Crippen molar-refractivity contribution in [1.29, 1.82) is 0 Å². The molecule has 2 N–H and O–H groups in total. The van der Waals surface area contributed by atoms with Crippen LogP contribution in [0.15, 0.2) is 155 Å². The third-order valence-corrected chi connectivity index (χ3v) is 15.5. The van der Waals surface area contributed by atoms with Crippen molar-refractivity contribution < 1.29 is 43.5 Å². The van der Waals surface area contributed by atoms with E-state index in [1.165, 1.54) is 7.11 Å². The van der Waals surface area contributed by atoms with Crippen LogP contribution in [0.25, 0.3) is 22.3 Å². The fourth-order valence-corrected chi connectivity index (χ4v) is 9.78. The number of carbonyl (C=O) groups is 2. The molecule has 0 heterocycles. The first-order chi connectivity index (χ1) is 32.2. The molecule has 0 bridgehead atoms. The summed E-state index contributed by atoms with van der Waals surface area (Å²) in [5.74, 6) is 0.561. The quantitative estimate of drug-likeness (QED) is 0.0310. The SMILES string of the molecule is C.COCOc1ccc(-c2ccccc2)c(CSc2ccccc2)c1C(=O)O.COCOc1ccc(-c2ccccc2)c(CSc2ccccc2)c1C(=O)OCC[Si](C)(C)C.C[Si](C)(C)CCO. The number of thioether (sulfide) groups is 2. The van der Waals surface area contributed by atoms with Gasteiger partial charge in [-0.15, -0.1) is 23.5 Å². The molecule has 6 rings (SSSR count). The number of ether oxygens (including phenoxy) is 5. The number of aliphatic hydroxyl groups excluding tert-OH is 1. The van der Waals surface area contributed by atoms with Gasteiger partial charge in [0.25, 0.3) is 0 Å². The summed E-state index contributed by atoms with van der Waals surface area (Å²) in [5, 5.41) is 18.3. The Bertz CT molecular complexity index is 2390. The number of rotatable bonds is 21. The number of carboxylic acids is 1. The molecule has 0 radical (unpaired) electrons. The summed E-state index contributed by atoms with van der Waals surface area (Å²) in [7, 11) is 0.835. The van der Waals surface area contributed by atoms with Crippen LogP contribution in [0.1, 0.15) is 39.3 Å². The van der Waals surface area contributed by atoms with Crippen LogP contribution >= 0.6 is 23.5 Å². The Labute approximate surface area is 415 Å². The lowest BCUT2D eigenvalue weighted by molar-refractivity contribution is 0.0435. The van der Waals surface area contributed by atoms with Crippen LogP contribution < -0.4 is 9.47 Å². The van der Waals surface area contributed by atoms with Gasteiger partial charge in [-0.3, -0.25) is 0 Å². The molecule has 0 atom stereocenters. The van der Waals surface area contributed by atoms with Crippen LogP contribution in [0.3, 0.4) is 0 Å². The van der Waals surface area contributed by atoms with Crippen LogP contribution in [-0.4, -0.2) is 79.3 Å². The van der Waals surface area contributed by atoms with Crippen molar-refractivity contribution >= 4 is 51.6 Å². The minimum Gasteiger partial charge on any atom is -0.478 e. The lowest BCUT2D eigenvalue weighted by atomic mass is 9.95. The highest BCUT2D eigenvalue weighted by Gasteiger charge is 2.25. The van der Waals surface area contributed by atoms with Crippen LogP contribution in [0.2, 0.25) is 51.4 Å². The zero-order valence-electron chi connectivity index (χ0n) is 40.1. The summed E-state index contributed by atoms with van der Waals surface area (Å²) in [4.78, 5) is 27.7. The Morgan fingerprint density at radius 3 is 1.26 bits per heavy atom. The predicted molar refractivity (Wildman–Crippen MR) is 288 cm³/mol. The highest BCUT2D eigenvalue weighted by Crippen LogP contribution is 2.39. The van der Waals surface area contributed by atoms with Crippen molar-refractivity contribution in [2.24, 2.45) is 0 Å². The Hall–Kier alpha value is -5.13. The first-order valence-electron chi connectivity index (χ1n) is 22.2. The standard InChI is InChI=1S/C27H32O4SSi.C22H20O4S.C5H14OSi.CH4/c1-29-20-31-25-16-15-23(21-11-7-5-8-12-21)24(19-32-22-13-9-6-10-14-22)26(25)27(28)30-17-18-33(2,3)4;1-25-15-26-20-13-12-18(16-8-4-2-5-9-16)19(21(20)22(23)24)14-27-17-10-6-3-7-11-17;1-7(2,3)5-4-6;/h5-16H,17-20H2,1-4H3;2-13H,14-15H2,1H3,(H,23,24);6H,4-5H2,1-3H3;1H4. The number of carboxylic acid groups (broad SMARTS) is 1. The van der Waals surface area contributed by atoms with Crippen LogP contribution in [0.5, 0.6) is 11.5 Å². The number of aromatic carboxylic acids is 1. The maximum atomic E-state index is 13.4. The molecule has 0 aliphatic carbocycles. The van der Waals surface area contributed by atoms with Crippen LogP contribution in [0, 0.1) is 0 Å². The van der Waals surface area contributed by atoms with E-state index >= 15 is 0 Å². The Morgan fingerprint density at radius 1 is 0.529 bits per heavy atom. The molecule has 6 aromatic carbocycles. The van der Waals surface area contributed by atoms with Gasteiger partial charge in [0.15, 0.2) is 13.6 Å². The minimum atomic E-state index is -1.33. The Balaban J connectivity index is 0.000000316. The zero-order chi connectivity index (χ0) is 48.7. The average molecular weight is 995 g/mol. The normalized spacial score (nSPS) is 10.9. The fourth-order valence-electron chi connectivity index (χ4n) is 6.47.